The van der Waals surface area contributed by atoms with Gasteiger partial charge < -0.3 is 15.2 Å². The van der Waals surface area contributed by atoms with Gasteiger partial charge in [0.25, 0.3) is 0 Å². The van der Waals surface area contributed by atoms with E-state index in [1.54, 1.807) is 18.7 Å². The summed E-state index contributed by atoms with van der Waals surface area (Å²) in [7, 11) is 1.62. The predicted molar refractivity (Wildman–Crippen MR) is 114 cm³/mol. The first kappa shape index (κ1) is 18.5. The minimum absolute atomic E-state index is 0.476. The fraction of sp³-hybridized carbons (Fsp3) is 0.111. The largest absolute Gasteiger partial charge is 0.493 e. The molecule has 0 bridgehead atoms. The van der Waals surface area contributed by atoms with Crippen LogP contribution in [0.25, 0.3) is 0 Å². The van der Waals surface area contributed by atoms with Gasteiger partial charge in [-0.2, -0.15) is 5.10 Å². The molecule has 0 atom stereocenters. The summed E-state index contributed by atoms with van der Waals surface area (Å²) in [6.45, 7) is 0.480. The first-order valence-electron chi connectivity index (χ1n) is 7.70. The topological polar surface area (TPSA) is 81.8 Å². The second kappa shape index (κ2) is 8.86. The van der Waals surface area contributed by atoms with Crippen LogP contribution in [-0.4, -0.2) is 18.3 Å². The van der Waals surface area contributed by atoms with Gasteiger partial charge in [0.15, 0.2) is 11.5 Å². The molecule has 134 valence electrons. The highest BCUT2D eigenvalue weighted by molar-refractivity contribution is 14.1. The molecule has 1 aromatic heterocycles. The molecule has 6 nitrogen and oxygen atoms in total. The monoisotopic (exact) mass is 480 g/mol. The lowest BCUT2D eigenvalue weighted by molar-refractivity contribution is 0.282. The number of methoxy groups -OCH3 is 1. The van der Waals surface area contributed by atoms with Crippen molar-refractivity contribution in [2.75, 3.05) is 18.3 Å². The smallest absolute Gasteiger partial charge is 0.205 e. The average molecular weight is 480 g/mol. The van der Waals surface area contributed by atoms with Gasteiger partial charge in [-0.25, -0.2) is 4.98 Å². The first-order chi connectivity index (χ1) is 12.7. The minimum Gasteiger partial charge on any atom is -0.493 e. The lowest BCUT2D eigenvalue weighted by Gasteiger charge is -2.13. The number of benzene rings is 2. The van der Waals surface area contributed by atoms with E-state index in [2.05, 4.69) is 38.1 Å². The Labute approximate surface area is 169 Å². The Morgan fingerprint density at radius 3 is 2.81 bits per heavy atom. The molecule has 0 aliphatic heterocycles. The molecule has 3 aromatic rings. The van der Waals surface area contributed by atoms with E-state index < -0.39 is 0 Å². The second-order valence-corrected chi connectivity index (χ2v) is 7.28. The zero-order valence-electron chi connectivity index (χ0n) is 14.0. The van der Waals surface area contributed by atoms with Crippen LogP contribution < -0.4 is 20.6 Å². The van der Waals surface area contributed by atoms with E-state index in [0.29, 0.717) is 23.3 Å². The Balaban J connectivity index is 1.71. The van der Waals surface area contributed by atoms with Crippen LogP contribution in [0.1, 0.15) is 11.1 Å². The highest BCUT2D eigenvalue weighted by atomic mass is 127. The van der Waals surface area contributed by atoms with E-state index >= 15 is 0 Å². The molecule has 0 aliphatic rings. The molecule has 0 amide bonds. The molecular weight excluding hydrogens is 463 g/mol. The minimum atomic E-state index is 0.476. The van der Waals surface area contributed by atoms with Crippen molar-refractivity contribution in [1.29, 1.82) is 0 Å². The molecule has 3 rings (SSSR count). The van der Waals surface area contributed by atoms with E-state index in [1.165, 1.54) is 11.3 Å². The molecule has 8 heteroatoms. The van der Waals surface area contributed by atoms with Crippen molar-refractivity contribution in [1.82, 2.24) is 4.98 Å². The molecule has 0 fully saturated rings. The molecule has 0 radical (unpaired) electrons. The molecule has 0 spiro atoms. The molecule has 0 saturated carbocycles. The van der Waals surface area contributed by atoms with E-state index in [-0.39, 0.29) is 0 Å². The lowest BCUT2D eigenvalue weighted by Crippen LogP contribution is -2.01. The third-order valence-corrected chi connectivity index (χ3v) is 4.94. The summed E-state index contributed by atoms with van der Waals surface area (Å²) in [6, 6.07) is 13.9. The maximum atomic E-state index is 5.96. The van der Waals surface area contributed by atoms with Gasteiger partial charge in [-0.3, -0.25) is 5.43 Å². The van der Waals surface area contributed by atoms with Crippen molar-refractivity contribution in [3.63, 3.8) is 0 Å². The third-order valence-electron chi connectivity index (χ3n) is 3.37. The summed E-state index contributed by atoms with van der Waals surface area (Å²) in [4.78, 5) is 4.09. The van der Waals surface area contributed by atoms with Gasteiger partial charge in [-0.05, 0) is 45.9 Å². The van der Waals surface area contributed by atoms with Crippen LogP contribution in [0.3, 0.4) is 0 Å². The Morgan fingerprint density at radius 1 is 1.31 bits per heavy atom. The highest BCUT2D eigenvalue weighted by Gasteiger charge is 2.11. The number of anilines is 2. The fourth-order valence-corrected chi connectivity index (χ4v) is 3.51. The van der Waals surface area contributed by atoms with Crippen molar-refractivity contribution in [2.24, 2.45) is 5.10 Å². The van der Waals surface area contributed by atoms with Crippen LogP contribution >= 0.6 is 33.9 Å². The SMILES string of the molecule is COc1cc(C=NNc2nc(N)cs2)cc(I)c1OCc1ccccc1. The summed E-state index contributed by atoms with van der Waals surface area (Å²) in [5, 5.41) is 6.58. The molecule has 26 heavy (non-hydrogen) atoms. The summed E-state index contributed by atoms with van der Waals surface area (Å²) in [6.07, 6.45) is 1.70. The molecule has 0 aliphatic carbocycles. The predicted octanol–water partition coefficient (Wildman–Crippen LogP) is 4.36. The number of hydrazone groups is 1. The van der Waals surface area contributed by atoms with Crippen molar-refractivity contribution in [3.05, 3.63) is 62.5 Å². The van der Waals surface area contributed by atoms with E-state index in [4.69, 9.17) is 15.2 Å². The number of nitrogens with zero attached hydrogens (tertiary/aromatic N) is 2. The molecule has 2 aromatic carbocycles. The Bertz CT molecular complexity index is 899. The quantitative estimate of drug-likeness (QED) is 0.298. The van der Waals surface area contributed by atoms with Crippen molar-refractivity contribution in [2.45, 2.75) is 6.61 Å². The number of hydrogen-bond acceptors (Lipinski definition) is 7. The Hall–Kier alpha value is -2.33. The number of halogens is 1. The maximum absolute atomic E-state index is 5.96. The van der Waals surface area contributed by atoms with Crippen LogP contribution in [0.5, 0.6) is 11.5 Å². The van der Waals surface area contributed by atoms with Crippen molar-refractivity contribution in [3.8, 4) is 11.5 Å². The first-order valence-corrected chi connectivity index (χ1v) is 9.66. The van der Waals surface area contributed by atoms with Crippen LogP contribution in [0, 0.1) is 3.57 Å². The van der Waals surface area contributed by atoms with Crippen LogP contribution in [-0.2, 0) is 6.61 Å². The number of ether oxygens (including phenoxy) is 2. The van der Waals surface area contributed by atoms with Gasteiger partial charge in [0.1, 0.15) is 12.4 Å². The van der Waals surface area contributed by atoms with Crippen LogP contribution in [0.2, 0.25) is 0 Å². The van der Waals surface area contributed by atoms with Crippen molar-refractivity contribution >= 4 is 51.1 Å². The maximum Gasteiger partial charge on any atom is 0.205 e. The summed E-state index contributed by atoms with van der Waals surface area (Å²) >= 11 is 3.63. The Kier molecular flexibility index (Phi) is 6.29. The van der Waals surface area contributed by atoms with E-state index in [1.807, 2.05) is 42.5 Å². The summed E-state index contributed by atoms with van der Waals surface area (Å²) < 4.78 is 12.4. The van der Waals surface area contributed by atoms with Crippen LogP contribution in [0.4, 0.5) is 10.9 Å². The van der Waals surface area contributed by atoms with Gasteiger partial charge in [0.2, 0.25) is 5.13 Å². The van der Waals surface area contributed by atoms with Gasteiger partial charge >= 0.3 is 0 Å². The van der Waals surface area contributed by atoms with Gasteiger partial charge in [0, 0.05) is 5.38 Å². The zero-order valence-corrected chi connectivity index (χ0v) is 17.0. The number of hydrogen-bond donors (Lipinski definition) is 2. The van der Waals surface area contributed by atoms with Gasteiger partial charge in [-0.15, -0.1) is 11.3 Å². The molecule has 1 heterocycles. The Morgan fingerprint density at radius 2 is 2.12 bits per heavy atom. The number of nitrogen functional groups attached to an aromatic ring is 1. The number of rotatable bonds is 7. The number of nitrogens with one attached hydrogen (secondary N) is 1. The molecule has 0 saturated heterocycles. The average Bonchev–Trinajstić information content (AvgIpc) is 3.06. The number of thiazole rings is 1. The van der Waals surface area contributed by atoms with Gasteiger partial charge in [-0.1, -0.05) is 30.3 Å². The van der Waals surface area contributed by atoms with E-state index in [0.717, 1.165) is 20.4 Å². The van der Waals surface area contributed by atoms with E-state index in [9.17, 15) is 0 Å². The zero-order chi connectivity index (χ0) is 18.4. The molecule has 3 N–H and O–H groups in total. The number of nitrogens with two attached hydrogens (primary N) is 1. The normalized spacial score (nSPS) is 10.8. The third kappa shape index (κ3) is 4.85. The lowest BCUT2D eigenvalue weighted by atomic mass is 10.2. The van der Waals surface area contributed by atoms with Crippen LogP contribution in [0.15, 0.2) is 52.9 Å². The standard InChI is InChI=1S/C18H17IN4O2S/c1-24-15-8-13(9-21-23-18-22-16(20)11-26-18)7-14(19)17(15)25-10-12-5-3-2-4-6-12/h2-9,11H,10,20H2,1H3,(H,22,23). The second-order valence-electron chi connectivity index (χ2n) is 5.26. The summed E-state index contributed by atoms with van der Waals surface area (Å²) in [5.41, 5.74) is 10.4. The highest BCUT2D eigenvalue weighted by Crippen LogP contribution is 2.34. The summed E-state index contributed by atoms with van der Waals surface area (Å²) in [5.74, 6) is 1.85. The van der Waals surface area contributed by atoms with Gasteiger partial charge in [0.05, 0.1) is 16.9 Å². The molecule has 0 unspecified atom stereocenters. The fourth-order valence-electron chi connectivity index (χ4n) is 2.18. The number of aromatic nitrogens is 1. The van der Waals surface area contributed by atoms with Crippen molar-refractivity contribution < 1.29 is 9.47 Å². The molecular formula is C18H17IN4O2S.